The first-order valence-corrected chi connectivity index (χ1v) is 10.1. The van der Waals surface area contributed by atoms with Crippen molar-refractivity contribution in [3.05, 3.63) is 42.7 Å². The molecule has 152 valence electrons. The molecule has 0 fully saturated rings. The SMILES string of the molecule is C=CC(=O)NCCc1nc2ccccc2n1CC(=O)N(C(C)CC)C(C)CC. The summed E-state index contributed by atoms with van der Waals surface area (Å²) in [4.78, 5) is 31.3. The van der Waals surface area contributed by atoms with Gasteiger partial charge in [0.2, 0.25) is 11.8 Å². The highest BCUT2D eigenvalue weighted by Gasteiger charge is 2.25. The van der Waals surface area contributed by atoms with E-state index in [1.807, 2.05) is 33.7 Å². The molecule has 2 amide bonds. The van der Waals surface area contributed by atoms with Crippen LogP contribution in [0.25, 0.3) is 11.0 Å². The largest absolute Gasteiger partial charge is 0.352 e. The van der Waals surface area contributed by atoms with Crippen LogP contribution in [0.1, 0.15) is 46.4 Å². The molecule has 2 aromatic rings. The first-order valence-electron chi connectivity index (χ1n) is 10.1. The molecule has 2 atom stereocenters. The van der Waals surface area contributed by atoms with Crippen molar-refractivity contribution in [1.29, 1.82) is 0 Å². The van der Waals surface area contributed by atoms with Crippen LogP contribution in [0.3, 0.4) is 0 Å². The monoisotopic (exact) mass is 384 g/mol. The molecule has 1 aromatic carbocycles. The van der Waals surface area contributed by atoms with Gasteiger partial charge in [-0.25, -0.2) is 4.98 Å². The van der Waals surface area contributed by atoms with Gasteiger partial charge >= 0.3 is 0 Å². The smallest absolute Gasteiger partial charge is 0.243 e. The van der Waals surface area contributed by atoms with E-state index in [0.29, 0.717) is 13.0 Å². The molecule has 28 heavy (non-hydrogen) atoms. The lowest BCUT2D eigenvalue weighted by Gasteiger charge is -2.34. The van der Waals surface area contributed by atoms with Crippen LogP contribution in [0.5, 0.6) is 0 Å². The van der Waals surface area contributed by atoms with Crippen molar-refractivity contribution in [3.8, 4) is 0 Å². The average Bonchev–Trinajstić information content (AvgIpc) is 3.04. The summed E-state index contributed by atoms with van der Waals surface area (Å²) in [6, 6.07) is 8.20. The summed E-state index contributed by atoms with van der Waals surface area (Å²) < 4.78 is 1.98. The van der Waals surface area contributed by atoms with E-state index < -0.39 is 0 Å². The molecule has 6 heteroatoms. The minimum absolute atomic E-state index is 0.100. The molecule has 0 saturated carbocycles. The zero-order chi connectivity index (χ0) is 20.7. The van der Waals surface area contributed by atoms with Crippen molar-refractivity contribution >= 4 is 22.8 Å². The van der Waals surface area contributed by atoms with Crippen molar-refractivity contribution in [2.24, 2.45) is 0 Å². The molecule has 0 spiro atoms. The average molecular weight is 385 g/mol. The molecular formula is C22H32N4O2. The van der Waals surface area contributed by atoms with Crippen LogP contribution in [0.4, 0.5) is 0 Å². The molecular weight excluding hydrogens is 352 g/mol. The van der Waals surface area contributed by atoms with Gasteiger partial charge in [0, 0.05) is 25.0 Å². The molecule has 6 nitrogen and oxygen atoms in total. The Kier molecular flexibility index (Phi) is 7.79. The number of nitrogens with one attached hydrogen (secondary N) is 1. The summed E-state index contributed by atoms with van der Waals surface area (Å²) >= 11 is 0. The van der Waals surface area contributed by atoms with E-state index in [1.165, 1.54) is 6.08 Å². The number of amides is 2. The molecule has 0 saturated heterocycles. The van der Waals surface area contributed by atoms with Gasteiger partial charge in [-0.3, -0.25) is 9.59 Å². The fraction of sp³-hybridized carbons (Fsp3) is 0.500. The van der Waals surface area contributed by atoms with Crippen LogP contribution < -0.4 is 5.32 Å². The molecule has 0 bridgehead atoms. The molecule has 1 heterocycles. The third kappa shape index (κ3) is 5.00. The van der Waals surface area contributed by atoms with Gasteiger partial charge in [0.25, 0.3) is 0 Å². The van der Waals surface area contributed by atoms with E-state index in [2.05, 4.69) is 39.6 Å². The van der Waals surface area contributed by atoms with Crippen molar-refractivity contribution < 1.29 is 9.59 Å². The second-order valence-electron chi connectivity index (χ2n) is 7.16. The van der Waals surface area contributed by atoms with Crippen molar-refractivity contribution in [2.75, 3.05) is 6.54 Å². The van der Waals surface area contributed by atoms with Gasteiger partial charge in [-0.05, 0) is 44.9 Å². The molecule has 1 N–H and O–H groups in total. The zero-order valence-corrected chi connectivity index (χ0v) is 17.4. The highest BCUT2D eigenvalue weighted by Crippen LogP contribution is 2.19. The van der Waals surface area contributed by atoms with Gasteiger partial charge in [-0.1, -0.05) is 32.6 Å². The molecule has 0 aliphatic rings. The number of carbonyl (C=O) groups is 2. The topological polar surface area (TPSA) is 67.2 Å². The van der Waals surface area contributed by atoms with Crippen LogP contribution in [0.2, 0.25) is 0 Å². The second-order valence-corrected chi connectivity index (χ2v) is 7.16. The maximum Gasteiger partial charge on any atom is 0.243 e. The number of imidazole rings is 1. The summed E-state index contributed by atoms with van der Waals surface area (Å²) in [5.41, 5.74) is 1.80. The summed E-state index contributed by atoms with van der Waals surface area (Å²) in [7, 11) is 0. The summed E-state index contributed by atoms with van der Waals surface area (Å²) in [6.45, 7) is 12.6. The molecule has 0 radical (unpaired) electrons. The van der Waals surface area contributed by atoms with Crippen molar-refractivity contribution in [1.82, 2.24) is 19.8 Å². The predicted octanol–water partition coefficient (Wildman–Crippen LogP) is 3.31. The molecule has 0 aliphatic heterocycles. The van der Waals surface area contributed by atoms with Gasteiger partial charge in [0.15, 0.2) is 0 Å². The van der Waals surface area contributed by atoms with Gasteiger partial charge < -0.3 is 14.8 Å². The minimum Gasteiger partial charge on any atom is -0.352 e. The number of hydrogen-bond acceptors (Lipinski definition) is 3. The zero-order valence-electron chi connectivity index (χ0n) is 17.4. The number of carbonyl (C=O) groups excluding carboxylic acids is 2. The van der Waals surface area contributed by atoms with Gasteiger partial charge in [-0.15, -0.1) is 0 Å². The number of aromatic nitrogens is 2. The molecule has 0 aliphatic carbocycles. The number of fused-ring (bicyclic) bond motifs is 1. The first kappa shape index (κ1) is 21.7. The molecule has 2 unspecified atom stereocenters. The Morgan fingerprint density at radius 1 is 1.21 bits per heavy atom. The Labute approximate surface area is 167 Å². The van der Waals surface area contributed by atoms with Gasteiger partial charge in [0.1, 0.15) is 12.4 Å². The second kappa shape index (κ2) is 10.1. The lowest BCUT2D eigenvalue weighted by molar-refractivity contribution is -0.136. The quantitative estimate of drug-likeness (QED) is 0.639. The third-order valence-electron chi connectivity index (χ3n) is 5.28. The maximum absolute atomic E-state index is 13.2. The standard InChI is InChI=1S/C22H32N4O2/c1-6-16(4)26(17(5)7-2)22(28)15-25-19-12-10-9-11-18(19)24-20(25)13-14-23-21(27)8-3/h8-12,16-17H,3,6-7,13-15H2,1-2,4-5H3,(H,23,27). The third-order valence-corrected chi connectivity index (χ3v) is 5.28. The van der Waals surface area contributed by atoms with Crippen LogP contribution in [0.15, 0.2) is 36.9 Å². The van der Waals surface area contributed by atoms with Crippen LogP contribution in [0, 0.1) is 0 Å². The Morgan fingerprint density at radius 2 is 1.86 bits per heavy atom. The molecule has 1 aromatic heterocycles. The molecule has 2 rings (SSSR count). The Hall–Kier alpha value is -2.63. The number of hydrogen-bond donors (Lipinski definition) is 1. The lowest BCUT2D eigenvalue weighted by atomic mass is 10.1. The maximum atomic E-state index is 13.2. The summed E-state index contributed by atoms with van der Waals surface area (Å²) in [5, 5.41) is 2.78. The number of nitrogens with zero attached hydrogens (tertiary/aromatic N) is 3. The van der Waals surface area contributed by atoms with Crippen molar-refractivity contribution in [3.63, 3.8) is 0 Å². The first-order chi connectivity index (χ1) is 13.4. The number of rotatable bonds is 10. The number of benzene rings is 1. The summed E-state index contributed by atoms with van der Waals surface area (Å²) in [6.07, 6.45) is 3.64. The fourth-order valence-electron chi connectivity index (χ4n) is 3.40. The van der Waals surface area contributed by atoms with Crippen molar-refractivity contribution in [2.45, 2.75) is 65.6 Å². The van der Waals surface area contributed by atoms with E-state index in [-0.39, 0.29) is 30.4 Å². The van der Waals surface area contributed by atoms with Crippen LogP contribution in [-0.4, -0.2) is 44.9 Å². The highest BCUT2D eigenvalue weighted by atomic mass is 16.2. The van der Waals surface area contributed by atoms with Gasteiger partial charge in [0.05, 0.1) is 11.0 Å². The van der Waals surface area contributed by atoms with Crippen LogP contribution >= 0.6 is 0 Å². The van der Waals surface area contributed by atoms with E-state index >= 15 is 0 Å². The highest BCUT2D eigenvalue weighted by molar-refractivity contribution is 5.86. The Balaban J connectivity index is 2.30. The summed E-state index contributed by atoms with van der Waals surface area (Å²) in [5.74, 6) is 0.689. The van der Waals surface area contributed by atoms with Gasteiger partial charge in [-0.2, -0.15) is 0 Å². The fourth-order valence-corrected chi connectivity index (χ4v) is 3.40. The normalized spacial score (nSPS) is 13.1. The Morgan fingerprint density at radius 3 is 2.46 bits per heavy atom. The van der Waals surface area contributed by atoms with E-state index in [1.54, 1.807) is 0 Å². The minimum atomic E-state index is -0.210. The number of para-hydroxylation sites is 2. The lowest BCUT2D eigenvalue weighted by Crippen LogP contribution is -2.46. The van der Waals surface area contributed by atoms with E-state index in [4.69, 9.17) is 4.98 Å². The van der Waals surface area contributed by atoms with E-state index in [0.717, 1.165) is 29.7 Å². The van der Waals surface area contributed by atoms with Crippen LogP contribution in [-0.2, 0) is 22.6 Å². The van der Waals surface area contributed by atoms with E-state index in [9.17, 15) is 9.59 Å². The predicted molar refractivity (Wildman–Crippen MR) is 113 cm³/mol. The Bertz CT molecular complexity index is 817.